The Morgan fingerprint density at radius 1 is 1.22 bits per heavy atom. The third kappa shape index (κ3) is 2.36. The summed E-state index contributed by atoms with van der Waals surface area (Å²) in [6.07, 6.45) is 0.0312. The molecule has 2 N–H and O–H groups in total. The van der Waals surface area contributed by atoms with Crippen LogP contribution in [0.5, 0.6) is 0 Å². The minimum atomic E-state index is -0.583. The van der Waals surface area contributed by atoms with E-state index in [1.165, 1.54) is 12.1 Å². The molecule has 2 aromatic rings. The molecule has 0 atom stereocenters. The lowest BCUT2D eigenvalue weighted by Gasteiger charge is -2.07. The molecule has 0 radical (unpaired) electrons. The van der Waals surface area contributed by atoms with E-state index in [0.29, 0.717) is 11.3 Å². The zero-order chi connectivity index (χ0) is 13.3. The molecule has 94 valence electrons. The highest BCUT2D eigenvalue weighted by Gasteiger charge is 2.12. The number of H-pyrrole nitrogens is 2. The highest BCUT2D eigenvalue weighted by atomic mass is 35.5. The summed E-state index contributed by atoms with van der Waals surface area (Å²) in [5.74, 6) is -0.479. The first-order valence-corrected chi connectivity index (χ1v) is 5.62. The number of hydrogen-bond acceptors (Lipinski definition) is 2. The average molecular weight is 269 g/mol. The van der Waals surface area contributed by atoms with Crippen LogP contribution in [-0.4, -0.2) is 9.97 Å². The Morgan fingerprint density at radius 2 is 1.94 bits per heavy atom. The van der Waals surface area contributed by atoms with Gasteiger partial charge in [0.2, 0.25) is 0 Å². The molecule has 0 amide bonds. The zero-order valence-electron chi connectivity index (χ0n) is 9.51. The van der Waals surface area contributed by atoms with Crippen molar-refractivity contribution < 1.29 is 4.39 Å². The molecular formula is C12H10ClFN2O2. The van der Waals surface area contributed by atoms with Crippen molar-refractivity contribution in [2.75, 3.05) is 0 Å². The summed E-state index contributed by atoms with van der Waals surface area (Å²) in [6.45, 7) is 1.58. The number of aryl methyl sites for hydroxylation is 1. The lowest BCUT2D eigenvalue weighted by Crippen LogP contribution is -2.27. The van der Waals surface area contributed by atoms with Crippen molar-refractivity contribution >= 4 is 11.6 Å². The molecule has 0 aliphatic heterocycles. The third-order valence-electron chi connectivity index (χ3n) is 2.67. The average Bonchev–Trinajstić information content (AvgIpc) is 2.26. The maximum absolute atomic E-state index is 13.6. The summed E-state index contributed by atoms with van der Waals surface area (Å²) in [5, 5.41) is 0.250. The van der Waals surface area contributed by atoms with Gasteiger partial charge in [0.25, 0.3) is 5.56 Å². The fourth-order valence-corrected chi connectivity index (χ4v) is 1.95. The minimum Gasteiger partial charge on any atom is -0.311 e. The van der Waals surface area contributed by atoms with Crippen LogP contribution in [0.1, 0.15) is 16.8 Å². The number of nitrogens with one attached hydrogen (secondary N) is 2. The Kier molecular flexibility index (Phi) is 3.34. The summed E-state index contributed by atoms with van der Waals surface area (Å²) in [5.41, 5.74) is -0.180. The lowest BCUT2D eigenvalue weighted by atomic mass is 10.0. The van der Waals surface area contributed by atoms with Crippen molar-refractivity contribution in [1.82, 2.24) is 9.97 Å². The van der Waals surface area contributed by atoms with Crippen LogP contribution in [0, 0.1) is 12.7 Å². The first-order chi connectivity index (χ1) is 8.49. The number of rotatable bonds is 2. The van der Waals surface area contributed by atoms with Crippen LogP contribution in [-0.2, 0) is 6.42 Å². The second-order valence-corrected chi connectivity index (χ2v) is 4.30. The molecule has 0 spiro atoms. The fourth-order valence-electron chi connectivity index (χ4n) is 1.72. The van der Waals surface area contributed by atoms with E-state index >= 15 is 0 Å². The minimum absolute atomic E-state index is 0.0312. The van der Waals surface area contributed by atoms with Gasteiger partial charge >= 0.3 is 5.69 Å². The summed E-state index contributed by atoms with van der Waals surface area (Å²) in [4.78, 5) is 27.3. The van der Waals surface area contributed by atoms with Crippen molar-refractivity contribution in [1.29, 1.82) is 0 Å². The molecule has 6 heteroatoms. The van der Waals surface area contributed by atoms with Crippen LogP contribution < -0.4 is 11.2 Å². The molecule has 2 rings (SSSR count). The Hall–Kier alpha value is -1.88. The predicted octanol–water partition coefficient (Wildman–Crippen LogP) is 1.75. The molecule has 0 saturated carbocycles. The van der Waals surface area contributed by atoms with E-state index < -0.39 is 17.1 Å². The summed E-state index contributed by atoms with van der Waals surface area (Å²) >= 11 is 5.89. The Balaban J connectivity index is 2.54. The smallest absolute Gasteiger partial charge is 0.311 e. The highest BCUT2D eigenvalue weighted by Crippen LogP contribution is 2.21. The SMILES string of the molecule is Cc1[nH]c(=O)[nH]c(=O)c1Cc1c(F)cccc1Cl. The molecule has 1 heterocycles. The highest BCUT2D eigenvalue weighted by molar-refractivity contribution is 6.31. The summed E-state index contributed by atoms with van der Waals surface area (Å²) < 4.78 is 13.6. The molecule has 1 aromatic carbocycles. The molecule has 0 bridgehead atoms. The first kappa shape index (κ1) is 12.6. The van der Waals surface area contributed by atoms with Crippen molar-refractivity contribution in [3.05, 3.63) is 66.7 Å². The topological polar surface area (TPSA) is 65.7 Å². The van der Waals surface area contributed by atoms with E-state index in [1.54, 1.807) is 13.0 Å². The molecule has 1 aromatic heterocycles. The normalized spacial score (nSPS) is 10.6. The summed E-state index contributed by atoms with van der Waals surface area (Å²) in [7, 11) is 0. The number of halogens is 2. The van der Waals surface area contributed by atoms with Crippen LogP contribution in [0.3, 0.4) is 0 Å². The van der Waals surface area contributed by atoms with Crippen molar-refractivity contribution in [2.24, 2.45) is 0 Å². The largest absolute Gasteiger partial charge is 0.325 e. The Morgan fingerprint density at radius 3 is 2.56 bits per heavy atom. The van der Waals surface area contributed by atoms with Gasteiger partial charge in [-0.25, -0.2) is 9.18 Å². The van der Waals surface area contributed by atoms with E-state index in [-0.39, 0.29) is 17.0 Å². The maximum Gasteiger partial charge on any atom is 0.325 e. The van der Waals surface area contributed by atoms with E-state index in [9.17, 15) is 14.0 Å². The van der Waals surface area contributed by atoms with E-state index in [2.05, 4.69) is 9.97 Å². The van der Waals surface area contributed by atoms with Gasteiger partial charge in [-0.3, -0.25) is 9.78 Å². The van der Waals surface area contributed by atoms with Gasteiger partial charge in [-0.1, -0.05) is 17.7 Å². The van der Waals surface area contributed by atoms with E-state index in [0.717, 1.165) is 0 Å². The molecule has 0 aliphatic rings. The van der Waals surface area contributed by atoms with Crippen LogP contribution in [0.4, 0.5) is 4.39 Å². The van der Waals surface area contributed by atoms with Gasteiger partial charge in [0.1, 0.15) is 5.82 Å². The van der Waals surface area contributed by atoms with Gasteiger partial charge in [-0.15, -0.1) is 0 Å². The Labute approximate surface area is 106 Å². The van der Waals surface area contributed by atoms with Gasteiger partial charge in [-0.2, -0.15) is 0 Å². The number of aromatic amines is 2. The standard InChI is InChI=1S/C12H10ClFN2O2/c1-6-7(11(17)16-12(18)15-6)5-8-9(13)3-2-4-10(8)14/h2-4H,5H2,1H3,(H2,15,16,17,18). The van der Waals surface area contributed by atoms with Gasteiger partial charge in [-0.05, 0) is 19.1 Å². The van der Waals surface area contributed by atoms with Crippen LogP contribution in [0.25, 0.3) is 0 Å². The molecule has 0 fully saturated rings. The van der Waals surface area contributed by atoms with E-state index in [4.69, 9.17) is 11.6 Å². The predicted molar refractivity (Wildman–Crippen MR) is 66.6 cm³/mol. The second-order valence-electron chi connectivity index (χ2n) is 3.89. The number of benzene rings is 1. The van der Waals surface area contributed by atoms with Crippen molar-refractivity contribution in [3.63, 3.8) is 0 Å². The molecule has 18 heavy (non-hydrogen) atoms. The van der Waals surface area contributed by atoms with Gasteiger partial charge in [0.05, 0.1) is 0 Å². The zero-order valence-corrected chi connectivity index (χ0v) is 10.3. The maximum atomic E-state index is 13.6. The number of aromatic nitrogens is 2. The Bertz CT molecular complexity index is 686. The van der Waals surface area contributed by atoms with Crippen LogP contribution >= 0.6 is 11.6 Å². The lowest BCUT2D eigenvalue weighted by molar-refractivity contribution is 0.613. The molecule has 0 saturated heterocycles. The quantitative estimate of drug-likeness (QED) is 0.871. The first-order valence-electron chi connectivity index (χ1n) is 5.24. The van der Waals surface area contributed by atoms with Crippen molar-refractivity contribution in [3.8, 4) is 0 Å². The fraction of sp³-hybridized carbons (Fsp3) is 0.167. The van der Waals surface area contributed by atoms with Gasteiger partial charge in [0, 0.05) is 28.3 Å². The van der Waals surface area contributed by atoms with Crippen molar-refractivity contribution in [2.45, 2.75) is 13.3 Å². The summed E-state index contributed by atoms with van der Waals surface area (Å²) in [6, 6.07) is 4.32. The third-order valence-corrected chi connectivity index (χ3v) is 3.02. The van der Waals surface area contributed by atoms with Gasteiger partial charge < -0.3 is 4.98 Å². The monoisotopic (exact) mass is 268 g/mol. The van der Waals surface area contributed by atoms with Crippen LogP contribution in [0.15, 0.2) is 27.8 Å². The molecule has 0 unspecified atom stereocenters. The molecule has 4 nitrogen and oxygen atoms in total. The van der Waals surface area contributed by atoms with E-state index in [1.807, 2.05) is 0 Å². The number of hydrogen-bond donors (Lipinski definition) is 2. The second kappa shape index (κ2) is 4.78. The van der Waals surface area contributed by atoms with Gasteiger partial charge in [0.15, 0.2) is 0 Å². The van der Waals surface area contributed by atoms with Crippen LogP contribution in [0.2, 0.25) is 5.02 Å². The molecule has 0 aliphatic carbocycles. The molecular weight excluding hydrogens is 259 g/mol.